The molecule has 1 aromatic heterocycles. The molecule has 122 valence electrons. The number of allylic oxidation sites excluding steroid dienone is 2. The standard InChI is InChI=1S/C17H18Cl2N2OS/c18-13-3-6-15(16(19)11-13)12-1-4-14(5-2-12)22-9-7-20-17-21-8-10-23-17/h1-2,4-5,8,10-11,13,15H,3,6-7,9H2,(H,20,21). The first-order valence-electron chi connectivity index (χ1n) is 7.60. The highest BCUT2D eigenvalue weighted by atomic mass is 35.5. The number of hydrogen-bond acceptors (Lipinski definition) is 4. The molecule has 23 heavy (non-hydrogen) atoms. The molecule has 0 amide bonds. The third-order valence-electron chi connectivity index (χ3n) is 3.77. The molecule has 2 aromatic rings. The zero-order valence-electron chi connectivity index (χ0n) is 12.5. The molecule has 0 spiro atoms. The van der Waals surface area contributed by atoms with Crippen LogP contribution in [0.1, 0.15) is 24.3 Å². The summed E-state index contributed by atoms with van der Waals surface area (Å²) in [5.74, 6) is 1.12. The van der Waals surface area contributed by atoms with Crippen molar-refractivity contribution in [2.75, 3.05) is 18.5 Å². The maximum absolute atomic E-state index is 6.34. The summed E-state index contributed by atoms with van der Waals surface area (Å²) < 4.78 is 5.74. The summed E-state index contributed by atoms with van der Waals surface area (Å²) in [6, 6.07) is 8.16. The normalized spacial score (nSPS) is 20.9. The van der Waals surface area contributed by atoms with Crippen LogP contribution < -0.4 is 10.1 Å². The summed E-state index contributed by atoms with van der Waals surface area (Å²) in [6.07, 6.45) is 5.68. The summed E-state index contributed by atoms with van der Waals surface area (Å²) >= 11 is 14.0. The summed E-state index contributed by atoms with van der Waals surface area (Å²) in [5, 5.41) is 6.98. The van der Waals surface area contributed by atoms with Crippen molar-refractivity contribution in [2.45, 2.75) is 24.1 Å². The fraction of sp³-hybridized carbons (Fsp3) is 0.353. The number of halogens is 2. The van der Waals surface area contributed by atoms with Gasteiger partial charge in [-0.1, -0.05) is 29.8 Å². The molecule has 2 atom stereocenters. The quantitative estimate of drug-likeness (QED) is 0.558. The van der Waals surface area contributed by atoms with Gasteiger partial charge in [-0.05, 0) is 30.5 Å². The number of rotatable bonds is 6. The first-order chi connectivity index (χ1) is 11.2. The van der Waals surface area contributed by atoms with E-state index < -0.39 is 0 Å². The van der Waals surface area contributed by atoms with Crippen LogP contribution in [0.4, 0.5) is 5.13 Å². The minimum absolute atomic E-state index is 0.0618. The van der Waals surface area contributed by atoms with Gasteiger partial charge in [-0.2, -0.15) is 0 Å². The number of benzene rings is 1. The Balaban J connectivity index is 1.50. The number of aromatic nitrogens is 1. The lowest BCUT2D eigenvalue weighted by Gasteiger charge is -2.23. The van der Waals surface area contributed by atoms with Crippen molar-refractivity contribution < 1.29 is 4.74 Å². The molecule has 6 heteroatoms. The lowest BCUT2D eigenvalue weighted by molar-refractivity contribution is 0.332. The van der Waals surface area contributed by atoms with Crippen LogP contribution in [0, 0.1) is 0 Å². The monoisotopic (exact) mass is 368 g/mol. The Bertz CT molecular complexity index is 643. The second-order valence-electron chi connectivity index (χ2n) is 5.38. The molecule has 0 saturated carbocycles. The van der Waals surface area contributed by atoms with Crippen molar-refractivity contribution in [3.63, 3.8) is 0 Å². The number of hydrogen-bond donors (Lipinski definition) is 1. The van der Waals surface area contributed by atoms with E-state index in [9.17, 15) is 0 Å². The number of nitrogens with one attached hydrogen (secondary N) is 1. The Morgan fingerprint density at radius 2 is 2.09 bits per heavy atom. The van der Waals surface area contributed by atoms with Gasteiger partial charge in [-0.3, -0.25) is 0 Å². The first kappa shape index (κ1) is 16.6. The van der Waals surface area contributed by atoms with Crippen molar-refractivity contribution in [3.8, 4) is 5.75 Å². The molecule has 1 heterocycles. The van der Waals surface area contributed by atoms with Crippen molar-refractivity contribution in [1.82, 2.24) is 4.98 Å². The first-order valence-corrected chi connectivity index (χ1v) is 9.29. The van der Waals surface area contributed by atoms with Crippen molar-refractivity contribution in [1.29, 1.82) is 0 Å². The van der Waals surface area contributed by atoms with Crippen molar-refractivity contribution in [2.24, 2.45) is 0 Å². The number of nitrogens with zero attached hydrogens (tertiary/aromatic N) is 1. The average molecular weight is 369 g/mol. The largest absolute Gasteiger partial charge is 0.492 e. The summed E-state index contributed by atoms with van der Waals surface area (Å²) in [5.41, 5.74) is 1.21. The van der Waals surface area contributed by atoms with Crippen LogP contribution in [-0.2, 0) is 0 Å². The Morgan fingerprint density at radius 1 is 1.26 bits per heavy atom. The second-order valence-corrected chi connectivity index (χ2v) is 7.27. The summed E-state index contributed by atoms with van der Waals surface area (Å²) in [7, 11) is 0. The SMILES string of the molecule is ClC1=CC(Cl)CCC1c1ccc(OCCNc2nccs2)cc1. The number of alkyl halides is 1. The predicted molar refractivity (Wildman–Crippen MR) is 98.1 cm³/mol. The molecule has 1 aromatic carbocycles. The minimum Gasteiger partial charge on any atom is -0.492 e. The molecule has 0 aliphatic heterocycles. The van der Waals surface area contributed by atoms with Crippen LogP contribution in [0.15, 0.2) is 47.0 Å². The number of ether oxygens (including phenoxy) is 1. The molecule has 1 aliphatic carbocycles. The Morgan fingerprint density at radius 3 is 2.78 bits per heavy atom. The lowest BCUT2D eigenvalue weighted by atomic mass is 9.89. The Hall–Kier alpha value is -1.23. The fourth-order valence-corrected chi connectivity index (χ4v) is 3.87. The van der Waals surface area contributed by atoms with Gasteiger partial charge in [-0.25, -0.2) is 4.98 Å². The average Bonchev–Trinajstić information content (AvgIpc) is 3.06. The maximum atomic E-state index is 6.34. The van der Waals surface area contributed by atoms with Gasteiger partial charge in [0.2, 0.25) is 0 Å². The number of thiazole rings is 1. The molecule has 2 unspecified atom stereocenters. The molecule has 0 saturated heterocycles. The van der Waals surface area contributed by atoms with E-state index in [0.717, 1.165) is 35.3 Å². The summed E-state index contributed by atoms with van der Waals surface area (Å²) in [6.45, 7) is 1.32. The third-order valence-corrected chi connectivity index (χ3v) is 5.23. The fourth-order valence-electron chi connectivity index (χ4n) is 2.60. The van der Waals surface area contributed by atoms with E-state index >= 15 is 0 Å². The van der Waals surface area contributed by atoms with Crippen LogP contribution in [0.5, 0.6) is 5.75 Å². The molecule has 0 radical (unpaired) electrons. The van der Waals surface area contributed by atoms with Gasteiger partial charge in [0.1, 0.15) is 12.4 Å². The molecular formula is C17H18Cl2N2OS. The van der Waals surface area contributed by atoms with Gasteiger partial charge in [0.05, 0.1) is 11.9 Å². The van der Waals surface area contributed by atoms with Gasteiger partial charge in [0.15, 0.2) is 5.13 Å². The topological polar surface area (TPSA) is 34.1 Å². The highest BCUT2D eigenvalue weighted by Crippen LogP contribution is 2.38. The van der Waals surface area contributed by atoms with Crippen LogP contribution in [0.3, 0.4) is 0 Å². The minimum atomic E-state index is 0.0618. The zero-order chi connectivity index (χ0) is 16.1. The molecule has 3 nitrogen and oxygen atoms in total. The van der Waals surface area contributed by atoms with E-state index in [0.29, 0.717) is 6.61 Å². The van der Waals surface area contributed by atoms with Crippen LogP contribution >= 0.6 is 34.5 Å². The van der Waals surface area contributed by atoms with E-state index in [-0.39, 0.29) is 11.3 Å². The lowest BCUT2D eigenvalue weighted by Crippen LogP contribution is -2.12. The van der Waals surface area contributed by atoms with E-state index in [4.69, 9.17) is 27.9 Å². The van der Waals surface area contributed by atoms with E-state index in [1.807, 2.05) is 23.6 Å². The Kier molecular flexibility index (Phi) is 5.81. The van der Waals surface area contributed by atoms with E-state index in [2.05, 4.69) is 22.4 Å². The molecule has 0 bridgehead atoms. The van der Waals surface area contributed by atoms with Gasteiger partial charge >= 0.3 is 0 Å². The third kappa shape index (κ3) is 4.63. The Labute approximate surface area is 150 Å². The van der Waals surface area contributed by atoms with Gasteiger partial charge in [0, 0.05) is 22.5 Å². The van der Waals surface area contributed by atoms with Gasteiger partial charge < -0.3 is 10.1 Å². The van der Waals surface area contributed by atoms with Crippen LogP contribution in [-0.4, -0.2) is 23.5 Å². The smallest absolute Gasteiger partial charge is 0.182 e. The molecule has 0 fully saturated rings. The molecule has 3 rings (SSSR count). The number of anilines is 1. The molecular weight excluding hydrogens is 351 g/mol. The predicted octanol–water partition coefficient (Wildman–Crippen LogP) is 5.24. The van der Waals surface area contributed by atoms with E-state index in [1.54, 1.807) is 17.5 Å². The molecule has 1 N–H and O–H groups in total. The highest BCUT2D eigenvalue weighted by Gasteiger charge is 2.22. The second kappa shape index (κ2) is 8.04. The summed E-state index contributed by atoms with van der Waals surface area (Å²) in [4.78, 5) is 4.16. The van der Waals surface area contributed by atoms with Gasteiger partial charge in [-0.15, -0.1) is 22.9 Å². The van der Waals surface area contributed by atoms with E-state index in [1.165, 1.54) is 5.56 Å². The van der Waals surface area contributed by atoms with Crippen LogP contribution in [0.25, 0.3) is 0 Å². The van der Waals surface area contributed by atoms with Crippen molar-refractivity contribution >= 4 is 39.7 Å². The van der Waals surface area contributed by atoms with Gasteiger partial charge in [0.25, 0.3) is 0 Å². The molecule has 1 aliphatic rings. The maximum Gasteiger partial charge on any atom is 0.182 e. The highest BCUT2D eigenvalue weighted by molar-refractivity contribution is 7.13. The van der Waals surface area contributed by atoms with Crippen LogP contribution in [0.2, 0.25) is 0 Å². The zero-order valence-corrected chi connectivity index (χ0v) is 14.9. The van der Waals surface area contributed by atoms with Crippen molar-refractivity contribution in [3.05, 3.63) is 52.5 Å².